The second-order valence-corrected chi connectivity index (χ2v) is 7.55. The molecule has 2 N–H and O–H groups in total. The summed E-state index contributed by atoms with van der Waals surface area (Å²) >= 11 is 0. The molecule has 6 nitrogen and oxygen atoms in total. The first kappa shape index (κ1) is 14.3. The molecule has 114 valence electrons. The van der Waals surface area contributed by atoms with Crippen molar-refractivity contribution in [3.63, 3.8) is 0 Å². The first-order chi connectivity index (χ1) is 9.83. The highest BCUT2D eigenvalue weighted by molar-refractivity contribution is 7.92. The Hall–Kier alpha value is -1.60. The SMILES string of the molecule is CN1C(=O)C2(CCNCC2)c2cc(NS(C)(=O)=O)ccc21. The first-order valence-electron chi connectivity index (χ1n) is 6.95. The van der Waals surface area contributed by atoms with E-state index in [0.717, 1.165) is 43.4 Å². The molecule has 0 unspecified atom stereocenters. The predicted octanol–water partition coefficient (Wildman–Crippen LogP) is 0.656. The molecule has 21 heavy (non-hydrogen) atoms. The largest absolute Gasteiger partial charge is 0.317 e. The Balaban J connectivity index is 2.09. The fourth-order valence-corrected chi connectivity index (χ4v) is 3.93. The maximum Gasteiger partial charge on any atom is 0.237 e. The molecule has 0 radical (unpaired) electrons. The molecule has 1 fully saturated rings. The van der Waals surface area contributed by atoms with Crippen molar-refractivity contribution in [1.82, 2.24) is 5.32 Å². The van der Waals surface area contributed by atoms with E-state index in [-0.39, 0.29) is 5.91 Å². The highest BCUT2D eigenvalue weighted by atomic mass is 32.2. The summed E-state index contributed by atoms with van der Waals surface area (Å²) in [6, 6.07) is 5.32. The molecular weight excluding hydrogens is 290 g/mol. The second kappa shape index (κ2) is 4.71. The van der Waals surface area contributed by atoms with Crippen LogP contribution < -0.4 is 14.9 Å². The summed E-state index contributed by atoms with van der Waals surface area (Å²) in [6.45, 7) is 1.59. The van der Waals surface area contributed by atoms with E-state index >= 15 is 0 Å². The number of sulfonamides is 1. The van der Waals surface area contributed by atoms with Crippen LogP contribution in [0.15, 0.2) is 18.2 Å². The van der Waals surface area contributed by atoms with Crippen LogP contribution in [0.4, 0.5) is 11.4 Å². The molecule has 1 saturated heterocycles. The van der Waals surface area contributed by atoms with Crippen LogP contribution in [0.25, 0.3) is 0 Å². The maximum absolute atomic E-state index is 12.7. The lowest BCUT2D eigenvalue weighted by atomic mass is 9.74. The van der Waals surface area contributed by atoms with Gasteiger partial charge in [0.05, 0.1) is 11.7 Å². The number of anilines is 2. The molecule has 2 aliphatic rings. The van der Waals surface area contributed by atoms with Crippen molar-refractivity contribution in [2.45, 2.75) is 18.3 Å². The van der Waals surface area contributed by atoms with Gasteiger partial charge in [-0.2, -0.15) is 0 Å². The van der Waals surface area contributed by atoms with Crippen LogP contribution in [0, 0.1) is 0 Å². The van der Waals surface area contributed by atoms with Crippen LogP contribution in [0.3, 0.4) is 0 Å². The smallest absolute Gasteiger partial charge is 0.237 e. The summed E-state index contributed by atoms with van der Waals surface area (Å²) in [4.78, 5) is 14.4. The molecule has 0 aromatic heterocycles. The van der Waals surface area contributed by atoms with Crippen molar-refractivity contribution < 1.29 is 13.2 Å². The van der Waals surface area contributed by atoms with Crippen LogP contribution >= 0.6 is 0 Å². The minimum atomic E-state index is -3.32. The molecule has 2 heterocycles. The zero-order valence-electron chi connectivity index (χ0n) is 12.1. The normalized spacial score (nSPS) is 20.7. The average Bonchev–Trinajstić information content (AvgIpc) is 2.61. The number of piperidine rings is 1. The van der Waals surface area contributed by atoms with Gasteiger partial charge in [0.15, 0.2) is 0 Å². The fraction of sp³-hybridized carbons (Fsp3) is 0.500. The van der Waals surface area contributed by atoms with Crippen LogP contribution in [0.2, 0.25) is 0 Å². The third-order valence-electron chi connectivity index (χ3n) is 4.35. The number of benzene rings is 1. The van der Waals surface area contributed by atoms with Gasteiger partial charge in [0.1, 0.15) is 0 Å². The molecule has 0 bridgehead atoms. The third kappa shape index (κ3) is 2.30. The lowest BCUT2D eigenvalue weighted by Gasteiger charge is -2.32. The van der Waals surface area contributed by atoms with Gasteiger partial charge in [-0.15, -0.1) is 0 Å². The van der Waals surface area contributed by atoms with E-state index in [1.165, 1.54) is 0 Å². The number of carbonyl (C=O) groups is 1. The van der Waals surface area contributed by atoms with E-state index in [2.05, 4.69) is 10.0 Å². The van der Waals surface area contributed by atoms with Gasteiger partial charge >= 0.3 is 0 Å². The maximum atomic E-state index is 12.7. The monoisotopic (exact) mass is 309 g/mol. The van der Waals surface area contributed by atoms with E-state index in [1.807, 2.05) is 12.1 Å². The number of hydrogen-bond donors (Lipinski definition) is 2. The molecule has 0 atom stereocenters. The minimum Gasteiger partial charge on any atom is -0.317 e. The number of rotatable bonds is 2. The molecule has 7 heteroatoms. The van der Waals surface area contributed by atoms with E-state index < -0.39 is 15.4 Å². The Morgan fingerprint density at radius 3 is 2.57 bits per heavy atom. The summed E-state index contributed by atoms with van der Waals surface area (Å²) in [6.07, 6.45) is 2.61. The number of nitrogens with zero attached hydrogens (tertiary/aromatic N) is 1. The number of hydrogen-bond acceptors (Lipinski definition) is 4. The zero-order chi connectivity index (χ0) is 15.3. The van der Waals surface area contributed by atoms with Crippen LogP contribution in [0.1, 0.15) is 18.4 Å². The summed E-state index contributed by atoms with van der Waals surface area (Å²) in [7, 11) is -1.55. The lowest BCUT2D eigenvalue weighted by molar-refractivity contribution is -0.123. The van der Waals surface area contributed by atoms with Crippen LogP contribution in [-0.4, -0.2) is 40.7 Å². The quantitative estimate of drug-likeness (QED) is 0.841. The van der Waals surface area contributed by atoms with E-state index in [9.17, 15) is 13.2 Å². The van der Waals surface area contributed by atoms with Gasteiger partial charge in [0, 0.05) is 18.4 Å². The Bertz CT molecular complexity index is 693. The Labute approximate surface area is 124 Å². The van der Waals surface area contributed by atoms with Crippen LogP contribution in [0.5, 0.6) is 0 Å². The number of nitrogens with one attached hydrogen (secondary N) is 2. The molecule has 1 aromatic carbocycles. The third-order valence-corrected chi connectivity index (χ3v) is 4.95. The van der Waals surface area contributed by atoms with Crippen molar-refractivity contribution in [2.24, 2.45) is 0 Å². The lowest BCUT2D eigenvalue weighted by Crippen LogP contribution is -2.46. The second-order valence-electron chi connectivity index (χ2n) is 5.80. The van der Waals surface area contributed by atoms with Gasteiger partial charge in [-0.1, -0.05) is 0 Å². The number of likely N-dealkylation sites (N-methyl/N-ethyl adjacent to an activating group) is 1. The van der Waals surface area contributed by atoms with Crippen LogP contribution in [-0.2, 0) is 20.2 Å². The van der Waals surface area contributed by atoms with E-state index in [4.69, 9.17) is 0 Å². The van der Waals surface area contributed by atoms with Gasteiger partial charge in [0.25, 0.3) is 0 Å². The zero-order valence-corrected chi connectivity index (χ0v) is 13.0. The molecule has 1 aromatic rings. The molecular formula is C14H19N3O3S. The van der Waals surface area contributed by atoms with Gasteiger partial charge in [-0.05, 0) is 49.7 Å². The minimum absolute atomic E-state index is 0.107. The molecule has 1 amide bonds. The Kier molecular flexibility index (Phi) is 3.22. The van der Waals surface area contributed by atoms with Crippen molar-refractivity contribution >= 4 is 27.3 Å². The van der Waals surface area contributed by atoms with Crippen molar-refractivity contribution in [2.75, 3.05) is 36.0 Å². The van der Waals surface area contributed by atoms with Crippen molar-refractivity contribution in [3.05, 3.63) is 23.8 Å². The topological polar surface area (TPSA) is 78.5 Å². The molecule has 0 saturated carbocycles. The first-order valence-corrected chi connectivity index (χ1v) is 8.84. The van der Waals surface area contributed by atoms with E-state index in [1.54, 1.807) is 18.0 Å². The van der Waals surface area contributed by atoms with Gasteiger partial charge in [0.2, 0.25) is 15.9 Å². The summed E-state index contributed by atoms with van der Waals surface area (Å²) in [5.41, 5.74) is 1.81. The highest BCUT2D eigenvalue weighted by Gasteiger charge is 2.49. The Morgan fingerprint density at radius 1 is 1.29 bits per heavy atom. The summed E-state index contributed by atoms with van der Waals surface area (Å²) < 4.78 is 25.3. The standard InChI is InChI=1S/C14H19N3O3S/c1-17-12-4-3-10(16-21(2,19)20)9-11(12)14(13(17)18)5-7-15-8-6-14/h3-4,9,15-16H,5-8H2,1-2H3. The van der Waals surface area contributed by atoms with Gasteiger partial charge in [-0.3, -0.25) is 9.52 Å². The van der Waals surface area contributed by atoms with E-state index in [0.29, 0.717) is 5.69 Å². The molecule has 1 spiro atoms. The van der Waals surface area contributed by atoms with Crippen molar-refractivity contribution in [3.8, 4) is 0 Å². The molecule has 3 rings (SSSR count). The van der Waals surface area contributed by atoms with Gasteiger partial charge in [-0.25, -0.2) is 8.42 Å². The highest BCUT2D eigenvalue weighted by Crippen LogP contribution is 2.47. The molecule has 0 aliphatic carbocycles. The van der Waals surface area contributed by atoms with Crippen molar-refractivity contribution in [1.29, 1.82) is 0 Å². The van der Waals surface area contributed by atoms with Gasteiger partial charge < -0.3 is 10.2 Å². The summed E-state index contributed by atoms with van der Waals surface area (Å²) in [5, 5.41) is 3.27. The predicted molar refractivity (Wildman–Crippen MR) is 82.1 cm³/mol. The average molecular weight is 309 g/mol. The Morgan fingerprint density at radius 2 is 1.95 bits per heavy atom. The fourth-order valence-electron chi connectivity index (χ4n) is 3.37. The number of amides is 1. The summed E-state index contributed by atoms with van der Waals surface area (Å²) in [5.74, 6) is 0.107. The number of fused-ring (bicyclic) bond motifs is 2. The number of carbonyl (C=O) groups excluding carboxylic acids is 1. The molecule has 2 aliphatic heterocycles.